The maximum Gasteiger partial charge on any atom is 0.164 e. The normalized spacial score (nSPS) is 15.8. The number of rotatable bonds is 7. The van der Waals surface area contributed by atoms with E-state index in [1.165, 1.54) is 0 Å². The van der Waals surface area contributed by atoms with Gasteiger partial charge in [0, 0.05) is 47.6 Å². The molecule has 0 unspecified atom stereocenters. The van der Waals surface area contributed by atoms with Crippen LogP contribution in [0.15, 0.2) is 216 Å². The van der Waals surface area contributed by atoms with E-state index in [1.54, 1.807) is 18.2 Å². The molecule has 12 rings (SSSR count). The Balaban J connectivity index is 1.17. The lowest BCUT2D eigenvalue weighted by atomic mass is 9.91. The van der Waals surface area contributed by atoms with E-state index in [2.05, 4.69) is 0 Å². The quantitative estimate of drug-likeness (QED) is 0.161. The minimum absolute atomic E-state index is 0.0775. The fourth-order valence-corrected chi connectivity index (χ4v) is 8.50. The smallest absolute Gasteiger partial charge is 0.164 e. The van der Waals surface area contributed by atoms with Gasteiger partial charge in [-0.1, -0.05) is 170 Å². The lowest BCUT2D eigenvalue weighted by Gasteiger charge is -2.12. The average molecular weight is 829 g/mol. The molecule has 0 spiro atoms. The highest BCUT2D eigenvalue weighted by molar-refractivity contribution is 7.26. The number of nitrogens with zero attached hydrogens (tertiary/aromatic N) is 3. The number of aromatic nitrogens is 3. The first-order valence-electron chi connectivity index (χ1n) is 28.7. The van der Waals surface area contributed by atoms with Gasteiger partial charge >= 0.3 is 0 Å². The highest BCUT2D eigenvalue weighted by Crippen LogP contribution is 2.44. The number of fused-ring (bicyclic) bond motifs is 6. The van der Waals surface area contributed by atoms with E-state index in [1.807, 2.05) is 78.9 Å². The summed E-state index contributed by atoms with van der Waals surface area (Å²) in [5.74, 6) is 0.0780. The third kappa shape index (κ3) is 6.35. The van der Waals surface area contributed by atoms with E-state index in [0.29, 0.717) is 27.7 Å². The van der Waals surface area contributed by atoms with Crippen LogP contribution in [0.1, 0.15) is 26.0 Å². The van der Waals surface area contributed by atoms with Gasteiger partial charge in [-0.3, -0.25) is 0 Å². The number of benzene rings is 9. The number of thiophene rings is 1. The third-order valence-corrected chi connectivity index (χ3v) is 11.3. The van der Waals surface area contributed by atoms with Gasteiger partial charge in [-0.05, 0) is 86.9 Å². The molecule has 0 saturated carbocycles. The zero-order valence-electron chi connectivity index (χ0n) is 50.9. The molecular formula is C57H35N3OS. The van der Waals surface area contributed by atoms with Crippen molar-refractivity contribution in [3.05, 3.63) is 212 Å². The molecule has 0 atom stereocenters. The molecule has 0 aliphatic heterocycles. The first kappa shape index (κ1) is 21.5. The summed E-state index contributed by atoms with van der Waals surface area (Å²) in [6.07, 6.45) is 0. The molecule has 5 heteroatoms. The van der Waals surface area contributed by atoms with E-state index in [9.17, 15) is 11.0 Å². The van der Waals surface area contributed by atoms with Crippen LogP contribution >= 0.6 is 11.3 Å². The van der Waals surface area contributed by atoms with Crippen LogP contribution in [-0.4, -0.2) is 15.0 Å². The van der Waals surface area contributed by atoms with Gasteiger partial charge in [-0.2, -0.15) is 0 Å². The number of hydrogen-bond acceptors (Lipinski definition) is 5. The van der Waals surface area contributed by atoms with E-state index < -0.39 is 148 Å². The summed E-state index contributed by atoms with van der Waals surface area (Å²) in [6, 6.07) is 14.5. The molecule has 0 aliphatic carbocycles. The predicted molar refractivity (Wildman–Crippen MR) is 258 cm³/mol. The summed E-state index contributed by atoms with van der Waals surface area (Å²) < 4.78 is 179. The Hall–Kier alpha value is -7.99. The Labute approximate surface area is 388 Å². The summed E-state index contributed by atoms with van der Waals surface area (Å²) >= 11 is 0.735. The van der Waals surface area contributed by atoms with Crippen molar-refractivity contribution in [2.45, 2.75) is 0 Å². The van der Waals surface area contributed by atoms with E-state index in [0.717, 1.165) is 27.8 Å². The number of hydrogen-bond donors (Lipinski definition) is 0. The second kappa shape index (κ2) is 14.9. The van der Waals surface area contributed by atoms with Crippen molar-refractivity contribution < 1.29 is 30.5 Å². The number of para-hydroxylation sites is 1. The molecule has 0 saturated heterocycles. The van der Waals surface area contributed by atoms with E-state index >= 15 is 0 Å². The lowest BCUT2D eigenvalue weighted by molar-refractivity contribution is 0.669. The molecule has 62 heavy (non-hydrogen) atoms. The monoisotopic (exact) mass is 828 g/mol. The van der Waals surface area contributed by atoms with Crippen LogP contribution in [0.5, 0.6) is 0 Å². The van der Waals surface area contributed by atoms with Gasteiger partial charge in [0.1, 0.15) is 11.2 Å². The van der Waals surface area contributed by atoms with Crippen molar-refractivity contribution in [2.75, 3.05) is 0 Å². The van der Waals surface area contributed by atoms with E-state index in [4.69, 9.17) is 34.4 Å². The first-order chi connectivity index (χ1) is 38.6. The maximum atomic E-state index is 9.96. The Morgan fingerprint density at radius 2 is 0.984 bits per heavy atom. The molecule has 0 N–H and O–H groups in total. The Morgan fingerprint density at radius 3 is 1.74 bits per heavy atom. The minimum atomic E-state index is -0.944. The fraction of sp³-hybridized carbons (Fsp3) is 0. The van der Waals surface area contributed by atoms with E-state index in [-0.39, 0.29) is 43.2 Å². The molecule has 0 bridgehead atoms. The van der Waals surface area contributed by atoms with Crippen molar-refractivity contribution in [2.24, 2.45) is 0 Å². The highest BCUT2D eigenvalue weighted by atomic mass is 32.1. The first-order valence-corrected chi connectivity index (χ1v) is 20.0. The molecule has 3 heterocycles. The predicted octanol–water partition coefficient (Wildman–Crippen LogP) is 15.8. The molecule has 12 aromatic rings. The van der Waals surface area contributed by atoms with Crippen molar-refractivity contribution in [3.8, 4) is 78.7 Å². The molecule has 0 fully saturated rings. The molecule has 0 radical (unpaired) electrons. The Kier molecular flexibility index (Phi) is 5.18. The topological polar surface area (TPSA) is 51.8 Å². The maximum absolute atomic E-state index is 9.96. The van der Waals surface area contributed by atoms with Gasteiger partial charge in [0.25, 0.3) is 0 Å². The van der Waals surface area contributed by atoms with Crippen LogP contribution in [0, 0.1) is 0 Å². The molecule has 4 nitrogen and oxygen atoms in total. The molecule has 9 aromatic carbocycles. The molecule has 0 amide bonds. The summed E-state index contributed by atoms with van der Waals surface area (Å²) in [6.45, 7) is 0. The van der Waals surface area contributed by atoms with Gasteiger partial charge in [-0.25, -0.2) is 15.0 Å². The van der Waals surface area contributed by atoms with Gasteiger partial charge in [0.05, 0.1) is 26.0 Å². The summed E-state index contributed by atoms with van der Waals surface area (Å²) in [4.78, 5) is 14.8. The Bertz CT molecular complexity index is 4600. The Morgan fingerprint density at radius 1 is 0.355 bits per heavy atom. The van der Waals surface area contributed by atoms with Crippen LogP contribution in [-0.2, 0) is 0 Å². The second-order valence-electron chi connectivity index (χ2n) is 14.0. The van der Waals surface area contributed by atoms with Crippen molar-refractivity contribution in [3.63, 3.8) is 0 Å². The standard InChI is InChI=1S/C57H35N3OS/c1-4-14-36(15-5-1)39-26-28-40(29-27-39)55-58-56(60-57(59-55)48-22-12-24-50-53(48)46-20-10-11-23-49(46)61-50)41-30-31-47-52(35-41)62-51-25-13-21-45(54(47)51)44-33-42(37-16-6-2-7-17-37)32-43(34-44)38-18-8-3-9-19-38/h1-35H/i2D,3D,6D,7D,8D,9D,13D,16D,17D,18D,19D,21D,25D,30D,31D,32D,33D,34D,35D. The lowest BCUT2D eigenvalue weighted by Crippen LogP contribution is -2.00. The molecule has 290 valence electrons. The number of furan rings is 1. The van der Waals surface area contributed by atoms with Gasteiger partial charge in [0.15, 0.2) is 17.5 Å². The molecule has 0 aliphatic rings. The fourth-order valence-electron chi connectivity index (χ4n) is 7.48. The summed E-state index contributed by atoms with van der Waals surface area (Å²) in [5.41, 5.74) is -0.444. The van der Waals surface area contributed by atoms with Gasteiger partial charge in [-0.15, -0.1) is 11.3 Å². The average Bonchev–Trinajstić information content (AvgIpc) is 4.06. The molecule has 3 aromatic heterocycles. The third-order valence-electron chi connectivity index (χ3n) is 10.3. The minimum Gasteiger partial charge on any atom is -0.456 e. The zero-order valence-corrected chi connectivity index (χ0v) is 32.7. The van der Waals surface area contributed by atoms with Crippen LogP contribution in [0.4, 0.5) is 0 Å². The van der Waals surface area contributed by atoms with Crippen LogP contribution in [0.3, 0.4) is 0 Å². The van der Waals surface area contributed by atoms with Crippen LogP contribution in [0.2, 0.25) is 0 Å². The molecular weight excluding hydrogens is 775 g/mol. The SMILES string of the molecule is [2H]c1c([2H])c([2H])c(-c2c([2H])c(-c3c([2H])c([2H])c([2H])c([2H])c3[2H])c([2H])c(-c3c([2H])c([2H])c([2H])c4sc5c([2H])c(-c6nc(-c7ccc(-c8ccccc8)cc7)nc(-c7cccc8oc9ccccc9c78)n6)c([2H])c([2H])c5c34)c2[2H])c([2H])c1[2H]. The van der Waals surface area contributed by atoms with Crippen molar-refractivity contribution in [1.82, 2.24) is 15.0 Å². The van der Waals surface area contributed by atoms with Gasteiger partial charge in [0.2, 0.25) is 0 Å². The van der Waals surface area contributed by atoms with Crippen LogP contribution in [0.25, 0.3) is 121 Å². The van der Waals surface area contributed by atoms with Gasteiger partial charge < -0.3 is 4.42 Å². The second-order valence-corrected chi connectivity index (χ2v) is 15.1. The van der Waals surface area contributed by atoms with Crippen LogP contribution < -0.4 is 0 Å². The zero-order chi connectivity index (χ0) is 57.5. The summed E-state index contributed by atoms with van der Waals surface area (Å²) in [5, 5.41) is 0.921. The highest BCUT2D eigenvalue weighted by Gasteiger charge is 2.20. The van der Waals surface area contributed by atoms with Crippen molar-refractivity contribution in [1.29, 1.82) is 0 Å². The largest absolute Gasteiger partial charge is 0.456 e. The van der Waals surface area contributed by atoms with Crippen molar-refractivity contribution >= 4 is 53.4 Å². The summed E-state index contributed by atoms with van der Waals surface area (Å²) in [7, 11) is 0.